The summed E-state index contributed by atoms with van der Waals surface area (Å²) in [5.74, 6) is -1.32. The minimum atomic E-state index is -1.30. The lowest BCUT2D eigenvalue weighted by Gasteiger charge is -2.26. The van der Waals surface area contributed by atoms with Crippen LogP contribution in [0.25, 0.3) is 5.57 Å². The van der Waals surface area contributed by atoms with E-state index in [-0.39, 0.29) is 5.91 Å². The van der Waals surface area contributed by atoms with Gasteiger partial charge in [0.15, 0.2) is 0 Å². The van der Waals surface area contributed by atoms with Crippen LogP contribution in [0.3, 0.4) is 0 Å². The Morgan fingerprint density at radius 3 is 2.25 bits per heavy atom. The fourth-order valence-electron chi connectivity index (χ4n) is 4.15. The summed E-state index contributed by atoms with van der Waals surface area (Å²) >= 11 is 0. The fourth-order valence-corrected chi connectivity index (χ4v) is 4.15. The Bertz CT molecular complexity index is 918. The van der Waals surface area contributed by atoms with Gasteiger partial charge >= 0.3 is 5.97 Å². The second kappa shape index (κ2) is 8.01. The first-order chi connectivity index (χ1) is 13.4. The monoisotopic (exact) mass is 377 g/mol. The molecule has 3 rings (SSSR count). The molecular weight excluding hydrogens is 350 g/mol. The van der Waals surface area contributed by atoms with E-state index in [1.807, 2.05) is 43.3 Å². The van der Waals surface area contributed by atoms with Gasteiger partial charge in [0, 0.05) is 18.4 Å². The molecule has 2 N–H and O–H groups in total. The highest BCUT2D eigenvalue weighted by molar-refractivity contribution is 6.02. The average molecular weight is 377 g/mol. The Morgan fingerprint density at radius 1 is 1.07 bits per heavy atom. The van der Waals surface area contributed by atoms with Gasteiger partial charge in [0.05, 0.1) is 0 Å². The normalized spacial score (nSPS) is 15.2. The van der Waals surface area contributed by atoms with Crippen molar-refractivity contribution in [1.29, 1.82) is 0 Å². The van der Waals surface area contributed by atoms with Gasteiger partial charge < -0.3 is 10.4 Å². The summed E-state index contributed by atoms with van der Waals surface area (Å²) in [6, 6.07) is 13.3. The highest BCUT2D eigenvalue weighted by atomic mass is 16.4. The molecule has 1 aliphatic rings. The molecule has 0 saturated carbocycles. The van der Waals surface area contributed by atoms with E-state index in [1.165, 1.54) is 0 Å². The number of rotatable bonds is 6. The molecule has 4 heteroatoms. The zero-order valence-electron chi connectivity index (χ0n) is 16.7. The summed E-state index contributed by atoms with van der Waals surface area (Å²) in [5, 5.41) is 12.8. The first-order valence-corrected chi connectivity index (χ1v) is 9.83. The predicted molar refractivity (Wildman–Crippen MR) is 111 cm³/mol. The van der Waals surface area contributed by atoms with Crippen LogP contribution in [0.5, 0.6) is 0 Å². The van der Waals surface area contributed by atoms with Crippen LogP contribution in [0.15, 0.2) is 48.5 Å². The van der Waals surface area contributed by atoms with Gasteiger partial charge in [-0.1, -0.05) is 56.3 Å². The van der Waals surface area contributed by atoms with Gasteiger partial charge in [0.2, 0.25) is 0 Å². The molecule has 0 aromatic heterocycles. The number of aryl methyl sites for hydroxylation is 1. The molecule has 0 heterocycles. The lowest BCUT2D eigenvalue weighted by Crippen LogP contribution is -2.55. The number of carbonyl (C=O) groups excluding carboxylic acids is 1. The molecule has 0 atom stereocenters. The zero-order chi connectivity index (χ0) is 20.3. The molecule has 0 radical (unpaired) electrons. The summed E-state index contributed by atoms with van der Waals surface area (Å²) < 4.78 is 0. The fraction of sp³-hybridized carbons (Fsp3) is 0.333. The zero-order valence-corrected chi connectivity index (χ0v) is 16.7. The molecule has 4 nitrogen and oxygen atoms in total. The number of amides is 1. The summed E-state index contributed by atoms with van der Waals surface area (Å²) in [6.07, 6.45) is 4.44. The van der Waals surface area contributed by atoms with Gasteiger partial charge in [0.25, 0.3) is 5.91 Å². The second-order valence-corrected chi connectivity index (χ2v) is 7.45. The smallest absolute Gasteiger partial charge is 0.330 e. The van der Waals surface area contributed by atoms with Crippen LogP contribution in [-0.2, 0) is 17.6 Å². The Labute approximate surface area is 166 Å². The van der Waals surface area contributed by atoms with Crippen molar-refractivity contribution in [1.82, 2.24) is 5.32 Å². The van der Waals surface area contributed by atoms with Gasteiger partial charge in [-0.25, -0.2) is 4.79 Å². The minimum absolute atomic E-state index is 0.302. The van der Waals surface area contributed by atoms with Crippen LogP contribution in [0.2, 0.25) is 0 Å². The quantitative estimate of drug-likeness (QED) is 0.776. The van der Waals surface area contributed by atoms with Crippen LogP contribution in [0.4, 0.5) is 0 Å². The molecule has 0 fully saturated rings. The predicted octanol–water partition coefficient (Wildman–Crippen LogP) is 4.55. The van der Waals surface area contributed by atoms with Gasteiger partial charge in [-0.05, 0) is 53.7 Å². The number of hydrogen-bond acceptors (Lipinski definition) is 2. The standard InChI is InChI=1S/C24H27NO3/c1-4-9-17(5-2)21-16(3)10-8-13-20(21)22(26)25-24(23(27)28)14-18-11-6-7-12-19(18)15-24/h6-13H,4-5,14-15H2,1-3H3,(H,25,26)(H,27,28)/b17-9+. The van der Waals surface area contributed by atoms with E-state index in [9.17, 15) is 14.7 Å². The van der Waals surface area contributed by atoms with Crippen molar-refractivity contribution >= 4 is 17.4 Å². The first kappa shape index (κ1) is 19.9. The molecule has 0 saturated heterocycles. The molecule has 146 valence electrons. The topological polar surface area (TPSA) is 66.4 Å². The molecular formula is C24H27NO3. The maximum atomic E-state index is 13.3. The van der Waals surface area contributed by atoms with Crippen LogP contribution < -0.4 is 5.32 Å². The van der Waals surface area contributed by atoms with Gasteiger partial charge in [-0.15, -0.1) is 0 Å². The van der Waals surface area contributed by atoms with Crippen molar-refractivity contribution in [2.75, 3.05) is 0 Å². The Kier molecular flexibility index (Phi) is 5.68. The maximum absolute atomic E-state index is 13.3. The first-order valence-electron chi connectivity index (χ1n) is 9.83. The lowest BCUT2D eigenvalue weighted by molar-refractivity contribution is -0.144. The number of fused-ring (bicyclic) bond motifs is 1. The van der Waals surface area contributed by atoms with E-state index in [4.69, 9.17) is 0 Å². The van der Waals surface area contributed by atoms with E-state index >= 15 is 0 Å². The maximum Gasteiger partial charge on any atom is 0.330 e. The summed E-state index contributed by atoms with van der Waals surface area (Å²) in [4.78, 5) is 25.4. The number of aliphatic carboxylic acids is 1. The van der Waals surface area contributed by atoms with Crippen molar-refractivity contribution in [3.63, 3.8) is 0 Å². The summed E-state index contributed by atoms with van der Waals surface area (Å²) in [5.41, 5.74) is 4.25. The average Bonchev–Trinajstić information content (AvgIpc) is 3.05. The molecule has 0 bridgehead atoms. The number of benzene rings is 2. The molecule has 0 aliphatic heterocycles. The molecule has 1 aliphatic carbocycles. The van der Waals surface area contributed by atoms with Crippen LogP contribution in [0, 0.1) is 6.92 Å². The molecule has 2 aromatic rings. The number of allylic oxidation sites excluding steroid dienone is 2. The SMILES string of the molecule is CC/C=C(\CC)c1c(C)cccc1C(=O)NC1(C(=O)O)Cc2ccccc2C1. The largest absolute Gasteiger partial charge is 0.479 e. The van der Waals surface area contributed by atoms with Gasteiger partial charge in [0.1, 0.15) is 5.54 Å². The highest BCUT2D eigenvalue weighted by Crippen LogP contribution is 2.32. The van der Waals surface area contributed by atoms with Crippen molar-refractivity contribution in [2.45, 2.75) is 52.0 Å². The Hall–Kier alpha value is -2.88. The third kappa shape index (κ3) is 3.59. The number of nitrogens with one attached hydrogen (secondary N) is 1. The van der Waals surface area contributed by atoms with Crippen LogP contribution >= 0.6 is 0 Å². The molecule has 0 spiro atoms. The molecule has 28 heavy (non-hydrogen) atoms. The van der Waals surface area contributed by atoms with E-state index in [1.54, 1.807) is 6.07 Å². The number of carbonyl (C=O) groups is 2. The van der Waals surface area contributed by atoms with Gasteiger partial charge in [-0.2, -0.15) is 0 Å². The van der Waals surface area contributed by atoms with Crippen LogP contribution in [-0.4, -0.2) is 22.5 Å². The van der Waals surface area contributed by atoms with Gasteiger partial charge in [-0.3, -0.25) is 4.79 Å². The van der Waals surface area contributed by atoms with E-state index in [2.05, 4.69) is 25.2 Å². The van der Waals surface area contributed by atoms with E-state index < -0.39 is 11.5 Å². The second-order valence-electron chi connectivity index (χ2n) is 7.45. The van der Waals surface area contributed by atoms with Crippen molar-refractivity contribution < 1.29 is 14.7 Å². The third-order valence-electron chi connectivity index (χ3n) is 5.53. The number of hydrogen-bond donors (Lipinski definition) is 2. The minimum Gasteiger partial charge on any atom is -0.479 e. The number of carboxylic acid groups (broad SMARTS) is 1. The third-order valence-corrected chi connectivity index (χ3v) is 5.53. The molecule has 1 amide bonds. The molecule has 2 aromatic carbocycles. The summed E-state index contributed by atoms with van der Waals surface area (Å²) in [6.45, 7) is 6.13. The van der Waals surface area contributed by atoms with Crippen molar-refractivity contribution in [3.05, 3.63) is 76.4 Å². The Morgan fingerprint density at radius 2 is 1.71 bits per heavy atom. The van der Waals surface area contributed by atoms with Crippen LogP contribution in [0.1, 0.15) is 59.3 Å². The lowest BCUT2D eigenvalue weighted by atomic mass is 9.90. The Balaban J connectivity index is 1.98. The van der Waals surface area contributed by atoms with Crippen molar-refractivity contribution in [2.24, 2.45) is 0 Å². The van der Waals surface area contributed by atoms with E-state index in [0.29, 0.717) is 18.4 Å². The molecule has 0 unspecified atom stereocenters. The van der Waals surface area contributed by atoms with Crippen molar-refractivity contribution in [3.8, 4) is 0 Å². The highest BCUT2D eigenvalue weighted by Gasteiger charge is 2.45. The summed E-state index contributed by atoms with van der Waals surface area (Å²) in [7, 11) is 0. The van der Waals surface area contributed by atoms with E-state index in [0.717, 1.165) is 40.7 Å². The number of carboxylic acids is 1.